The van der Waals surface area contributed by atoms with Crippen LogP contribution >= 0.6 is 23.1 Å². The van der Waals surface area contributed by atoms with E-state index in [1.165, 1.54) is 0 Å². The molecule has 1 atom stereocenters. The van der Waals surface area contributed by atoms with Gasteiger partial charge in [-0.2, -0.15) is 0 Å². The summed E-state index contributed by atoms with van der Waals surface area (Å²) in [7, 11) is 0. The summed E-state index contributed by atoms with van der Waals surface area (Å²) in [6.45, 7) is 6.05. The average molecular weight is 424 g/mol. The fourth-order valence-corrected chi connectivity index (χ4v) is 5.43. The Morgan fingerprint density at radius 2 is 1.97 bits per heavy atom. The van der Waals surface area contributed by atoms with Crippen molar-refractivity contribution in [3.8, 4) is 5.69 Å². The normalized spacial score (nSPS) is 15.1. The van der Waals surface area contributed by atoms with Crippen molar-refractivity contribution >= 4 is 33.3 Å². The summed E-state index contributed by atoms with van der Waals surface area (Å²) in [5, 5.41) is 10.4. The third kappa shape index (κ3) is 3.30. The SMILES string of the molecule is Cc1sc2nc([C@H](C)Sc3nnc(C4CC4)n3-c3ccccc3)[nH]c(=O)c2c1C. The van der Waals surface area contributed by atoms with Crippen molar-refractivity contribution in [3.05, 3.63) is 62.8 Å². The van der Waals surface area contributed by atoms with Crippen LogP contribution in [0.5, 0.6) is 0 Å². The molecule has 0 radical (unpaired) electrons. The summed E-state index contributed by atoms with van der Waals surface area (Å²) in [6, 6.07) is 10.2. The van der Waals surface area contributed by atoms with E-state index in [1.807, 2.05) is 39.0 Å². The standard InChI is InChI=1S/C21H21N5OS2/c1-11-12(2)28-20-16(11)19(27)22-17(23-20)13(3)29-21-25-24-18(14-9-10-14)26(21)15-7-5-4-6-8-15/h4-8,13-14H,9-10H2,1-3H3,(H,22,23,27)/t13-/m0/s1. The number of para-hydroxylation sites is 1. The lowest BCUT2D eigenvalue weighted by atomic mass is 10.2. The lowest BCUT2D eigenvalue weighted by Crippen LogP contribution is -2.13. The number of nitrogens with one attached hydrogen (secondary N) is 1. The van der Waals surface area contributed by atoms with E-state index >= 15 is 0 Å². The molecule has 6 nitrogen and oxygen atoms in total. The van der Waals surface area contributed by atoms with Gasteiger partial charge in [-0.1, -0.05) is 30.0 Å². The van der Waals surface area contributed by atoms with Gasteiger partial charge in [-0.25, -0.2) is 4.98 Å². The molecule has 0 amide bonds. The third-order valence-corrected chi connectivity index (χ3v) is 7.49. The number of aromatic nitrogens is 5. The Bertz CT molecular complexity index is 1250. The highest BCUT2D eigenvalue weighted by atomic mass is 32.2. The monoisotopic (exact) mass is 423 g/mol. The van der Waals surface area contributed by atoms with Gasteiger partial charge in [0.05, 0.1) is 10.6 Å². The molecule has 1 N–H and O–H groups in total. The molecule has 0 unspecified atom stereocenters. The highest BCUT2D eigenvalue weighted by molar-refractivity contribution is 7.99. The summed E-state index contributed by atoms with van der Waals surface area (Å²) >= 11 is 3.15. The van der Waals surface area contributed by atoms with Crippen LogP contribution < -0.4 is 5.56 Å². The molecule has 5 rings (SSSR count). The number of thioether (sulfide) groups is 1. The van der Waals surface area contributed by atoms with Crippen molar-refractivity contribution in [2.75, 3.05) is 0 Å². The minimum absolute atomic E-state index is 0.0615. The molecule has 148 valence electrons. The number of rotatable bonds is 5. The zero-order chi connectivity index (χ0) is 20.1. The molecule has 1 saturated carbocycles. The van der Waals surface area contributed by atoms with Gasteiger partial charge < -0.3 is 4.98 Å². The van der Waals surface area contributed by atoms with Crippen LogP contribution in [0.25, 0.3) is 15.9 Å². The quantitative estimate of drug-likeness (QED) is 0.462. The molecule has 29 heavy (non-hydrogen) atoms. The molecule has 0 spiro atoms. The van der Waals surface area contributed by atoms with E-state index in [9.17, 15) is 4.79 Å². The summed E-state index contributed by atoms with van der Waals surface area (Å²) in [6.07, 6.45) is 2.32. The van der Waals surface area contributed by atoms with E-state index in [1.54, 1.807) is 23.1 Å². The smallest absolute Gasteiger partial charge is 0.259 e. The van der Waals surface area contributed by atoms with Gasteiger partial charge in [0.25, 0.3) is 5.56 Å². The van der Waals surface area contributed by atoms with E-state index in [-0.39, 0.29) is 10.8 Å². The second-order valence-corrected chi connectivity index (χ2v) is 9.97. The first-order valence-electron chi connectivity index (χ1n) is 9.70. The molecule has 0 aliphatic heterocycles. The van der Waals surface area contributed by atoms with E-state index in [2.05, 4.69) is 31.9 Å². The van der Waals surface area contributed by atoms with Gasteiger partial charge in [0.15, 0.2) is 5.16 Å². The van der Waals surface area contributed by atoms with Crippen LogP contribution in [0.2, 0.25) is 0 Å². The predicted octanol–water partition coefficient (Wildman–Crippen LogP) is 4.91. The van der Waals surface area contributed by atoms with E-state index in [0.29, 0.717) is 17.1 Å². The van der Waals surface area contributed by atoms with Crippen molar-refractivity contribution in [2.45, 2.75) is 49.9 Å². The maximum Gasteiger partial charge on any atom is 0.259 e. The lowest BCUT2D eigenvalue weighted by Gasteiger charge is -2.13. The van der Waals surface area contributed by atoms with Gasteiger partial charge in [-0.15, -0.1) is 21.5 Å². The zero-order valence-electron chi connectivity index (χ0n) is 16.5. The van der Waals surface area contributed by atoms with Gasteiger partial charge in [0.1, 0.15) is 16.5 Å². The minimum atomic E-state index is -0.0671. The Hall–Kier alpha value is -2.45. The first kappa shape index (κ1) is 18.6. The molecule has 4 aromatic rings. The van der Waals surface area contributed by atoms with Crippen molar-refractivity contribution < 1.29 is 0 Å². The molecule has 0 bridgehead atoms. The Morgan fingerprint density at radius 3 is 2.69 bits per heavy atom. The van der Waals surface area contributed by atoms with Crippen LogP contribution in [0, 0.1) is 13.8 Å². The molecular weight excluding hydrogens is 402 g/mol. The van der Waals surface area contributed by atoms with Crippen LogP contribution in [0.3, 0.4) is 0 Å². The minimum Gasteiger partial charge on any atom is -0.309 e. The number of aryl methyl sites for hydroxylation is 2. The van der Waals surface area contributed by atoms with Crippen LogP contribution in [0.4, 0.5) is 0 Å². The summed E-state index contributed by atoms with van der Waals surface area (Å²) in [4.78, 5) is 22.3. The van der Waals surface area contributed by atoms with Crippen LogP contribution in [-0.4, -0.2) is 24.7 Å². The Labute approximate surface area is 176 Å². The zero-order valence-corrected chi connectivity index (χ0v) is 18.1. The number of H-pyrrole nitrogens is 1. The number of hydrogen-bond donors (Lipinski definition) is 1. The van der Waals surface area contributed by atoms with E-state index < -0.39 is 0 Å². The molecule has 8 heteroatoms. The summed E-state index contributed by atoms with van der Waals surface area (Å²) < 4.78 is 2.15. The fourth-order valence-electron chi connectivity index (χ4n) is 3.46. The molecule has 1 fully saturated rings. The Morgan fingerprint density at radius 1 is 1.21 bits per heavy atom. The predicted molar refractivity (Wildman–Crippen MR) is 117 cm³/mol. The fraction of sp³-hybridized carbons (Fsp3) is 0.333. The van der Waals surface area contributed by atoms with Gasteiger partial charge in [-0.3, -0.25) is 9.36 Å². The molecular formula is C21H21N5OS2. The van der Waals surface area contributed by atoms with Crippen LogP contribution in [0.15, 0.2) is 40.3 Å². The average Bonchev–Trinajstić information content (AvgIpc) is 3.41. The van der Waals surface area contributed by atoms with E-state index in [4.69, 9.17) is 4.98 Å². The van der Waals surface area contributed by atoms with Gasteiger partial charge in [0, 0.05) is 16.5 Å². The van der Waals surface area contributed by atoms with Crippen molar-refractivity contribution in [3.63, 3.8) is 0 Å². The highest BCUT2D eigenvalue weighted by Gasteiger charge is 2.31. The molecule has 3 heterocycles. The Kier molecular flexibility index (Phi) is 4.55. The van der Waals surface area contributed by atoms with Gasteiger partial charge in [0.2, 0.25) is 0 Å². The molecule has 1 aliphatic rings. The van der Waals surface area contributed by atoms with Crippen molar-refractivity contribution in [2.24, 2.45) is 0 Å². The summed E-state index contributed by atoms with van der Waals surface area (Å²) in [5.74, 6) is 2.18. The molecule has 3 aromatic heterocycles. The van der Waals surface area contributed by atoms with Crippen molar-refractivity contribution in [1.82, 2.24) is 24.7 Å². The van der Waals surface area contributed by atoms with Crippen molar-refractivity contribution in [1.29, 1.82) is 0 Å². The number of nitrogens with zero attached hydrogens (tertiary/aromatic N) is 4. The number of hydrogen-bond acceptors (Lipinski definition) is 6. The first-order chi connectivity index (χ1) is 14.0. The first-order valence-corrected chi connectivity index (χ1v) is 11.4. The maximum absolute atomic E-state index is 12.6. The topological polar surface area (TPSA) is 76.5 Å². The molecule has 0 saturated heterocycles. The number of aromatic amines is 1. The largest absolute Gasteiger partial charge is 0.309 e. The second kappa shape index (κ2) is 7.11. The van der Waals surface area contributed by atoms with Crippen LogP contribution in [-0.2, 0) is 0 Å². The number of fused-ring (bicyclic) bond motifs is 1. The number of benzene rings is 1. The van der Waals surface area contributed by atoms with E-state index in [0.717, 1.165) is 44.8 Å². The molecule has 1 aromatic carbocycles. The Balaban J connectivity index is 1.52. The van der Waals surface area contributed by atoms with Gasteiger partial charge in [-0.05, 0) is 51.3 Å². The second-order valence-electron chi connectivity index (χ2n) is 7.46. The lowest BCUT2D eigenvalue weighted by molar-refractivity contribution is 0.822. The molecule has 1 aliphatic carbocycles. The van der Waals surface area contributed by atoms with Crippen LogP contribution in [0.1, 0.15) is 53.0 Å². The van der Waals surface area contributed by atoms with Gasteiger partial charge >= 0.3 is 0 Å². The maximum atomic E-state index is 12.6. The number of thiophene rings is 1. The third-order valence-electron chi connectivity index (χ3n) is 5.34. The summed E-state index contributed by atoms with van der Waals surface area (Å²) in [5.41, 5.74) is 2.02. The highest BCUT2D eigenvalue weighted by Crippen LogP contribution is 2.42.